The zero-order chi connectivity index (χ0) is 21.3. The lowest BCUT2D eigenvalue weighted by atomic mass is 10.1. The molecule has 168 valence electrons. The minimum atomic E-state index is -0.0256. The van der Waals surface area contributed by atoms with E-state index in [1.807, 2.05) is 13.8 Å². The van der Waals surface area contributed by atoms with Crippen LogP contribution in [0.4, 0.5) is 0 Å². The van der Waals surface area contributed by atoms with E-state index in [-0.39, 0.29) is 11.9 Å². The van der Waals surface area contributed by atoms with Crippen molar-refractivity contribution < 1.29 is 19.1 Å². The van der Waals surface area contributed by atoms with Gasteiger partial charge >= 0.3 is 11.9 Å². The molecule has 4 heteroatoms. The Labute approximate surface area is 175 Å². The summed E-state index contributed by atoms with van der Waals surface area (Å²) in [5.41, 5.74) is 0. The standard InChI is InChI=1S/2C12H24O2/c2*1-3-5-6-7-8-9-10-12(13)14-11-4-2/h2*3-11H2,1-2H3. The normalized spacial score (nSPS) is 10.1. The van der Waals surface area contributed by atoms with Gasteiger partial charge in [-0.2, -0.15) is 0 Å². The molecule has 0 aliphatic carbocycles. The highest BCUT2D eigenvalue weighted by molar-refractivity contribution is 5.69. The Kier molecular flexibility index (Phi) is 27.0. The number of esters is 2. The summed E-state index contributed by atoms with van der Waals surface area (Å²) in [5, 5.41) is 0. The molecule has 0 aliphatic heterocycles. The van der Waals surface area contributed by atoms with Gasteiger partial charge in [-0.15, -0.1) is 0 Å². The van der Waals surface area contributed by atoms with Gasteiger partial charge in [-0.25, -0.2) is 0 Å². The van der Waals surface area contributed by atoms with Gasteiger partial charge < -0.3 is 9.47 Å². The van der Waals surface area contributed by atoms with Crippen molar-refractivity contribution in [1.29, 1.82) is 0 Å². The van der Waals surface area contributed by atoms with Crippen LogP contribution in [0.3, 0.4) is 0 Å². The lowest BCUT2D eigenvalue weighted by Crippen LogP contribution is -2.04. The quantitative estimate of drug-likeness (QED) is 0.178. The molecule has 0 aliphatic rings. The Morgan fingerprint density at radius 1 is 0.464 bits per heavy atom. The molecule has 0 spiro atoms. The fourth-order valence-electron chi connectivity index (χ4n) is 2.68. The van der Waals surface area contributed by atoms with E-state index in [0.29, 0.717) is 26.1 Å². The molecule has 0 unspecified atom stereocenters. The second-order valence-corrected chi connectivity index (χ2v) is 7.48. The Balaban J connectivity index is 0. The molecule has 0 N–H and O–H groups in total. The molecule has 28 heavy (non-hydrogen) atoms. The molecule has 4 nitrogen and oxygen atoms in total. The molecule has 0 saturated carbocycles. The molecule has 0 rings (SSSR count). The third kappa shape index (κ3) is 27.2. The zero-order valence-corrected chi connectivity index (χ0v) is 19.4. The fourth-order valence-corrected chi connectivity index (χ4v) is 2.68. The average molecular weight is 401 g/mol. The van der Waals surface area contributed by atoms with Crippen LogP contribution in [0.15, 0.2) is 0 Å². The van der Waals surface area contributed by atoms with Crippen molar-refractivity contribution in [1.82, 2.24) is 0 Å². The zero-order valence-electron chi connectivity index (χ0n) is 19.4. The monoisotopic (exact) mass is 400 g/mol. The number of rotatable bonds is 18. The Bertz CT molecular complexity index is 297. The van der Waals surface area contributed by atoms with Gasteiger partial charge in [-0.3, -0.25) is 9.59 Å². The van der Waals surface area contributed by atoms with Crippen LogP contribution in [0.1, 0.15) is 130 Å². The van der Waals surface area contributed by atoms with Crippen molar-refractivity contribution in [2.45, 2.75) is 130 Å². The number of hydrogen-bond donors (Lipinski definition) is 0. The largest absolute Gasteiger partial charge is 0.466 e. The molecule has 0 radical (unpaired) electrons. The van der Waals surface area contributed by atoms with E-state index in [9.17, 15) is 9.59 Å². The molecule has 0 aromatic rings. The summed E-state index contributed by atoms with van der Waals surface area (Å²) in [7, 11) is 0. The van der Waals surface area contributed by atoms with Crippen LogP contribution in [-0.2, 0) is 19.1 Å². The van der Waals surface area contributed by atoms with Gasteiger partial charge in [0.05, 0.1) is 13.2 Å². The molecule has 0 heterocycles. The Hall–Kier alpha value is -1.06. The first kappa shape index (κ1) is 29.1. The maximum Gasteiger partial charge on any atom is 0.305 e. The van der Waals surface area contributed by atoms with Crippen molar-refractivity contribution in [3.05, 3.63) is 0 Å². The van der Waals surface area contributed by atoms with Crippen LogP contribution in [0.2, 0.25) is 0 Å². The highest BCUT2D eigenvalue weighted by Gasteiger charge is 2.01. The molecule has 0 fully saturated rings. The summed E-state index contributed by atoms with van der Waals surface area (Å²) in [6.07, 6.45) is 17.7. The van der Waals surface area contributed by atoms with E-state index in [2.05, 4.69) is 13.8 Å². The topological polar surface area (TPSA) is 52.6 Å². The van der Waals surface area contributed by atoms with Crippen LogP contribution in [0.5, 0.6) is 0 Å². The van der Waals surface area contributed by atoms with Gasteiger partial charge in [0.25, 0.3) is 0 Å². The van der Waals surface area contributed by atoms with Gasteiger partial charge in [0.2, 0.25) is 0 Å². The predicted molar refractivity (Wildman–Crippen MR) is 118 cm³/mol. The number of carbonyl (C=O) groups is 2. The third-order valence-corrected chi connectivity index (χ3v) is 4.40. The molecular weight excluding hydrogens is 352 g/mol. The van der Waals surface area contributed by atoms with Crippen molar-refractivity contribution in [2.24, 2.45) is 0 Å². The lowest BCUT2D eigenvalue weighted by molar-refractivity contribution is -0.144. The SMILES string of the molecule is CCCCCCCCC(=O)OCCC.CCCCCCCCC(=O)OCCC. The van der Waals surface area contributed by atoms with E-state index in [1.54, 1.807) is 0 Å². The van der Waals surface area contributed by atoms with Crippen molar-refractivity contribution in [3.8, 4) is 0 Å². The van der Waals surface area contributed by atoms with E-state index < -0.39 is 0 Å². The molecular formula is C24H48O4. The molecule has 0 bridgehead atoms. The molecule has 0 amide bonds. The summed E-state index contributed by atoms with van der Waals surface area (Å²) in [5.74, 6) is -0.0512. The molecule has 0 atom stereocenters. The van der Waals surface area contributed by atoms with E-state index in [4.69, 9.17) is 9.47 Å². The summed E-state index contributed by atoms with van der Waals surface area (Å²) < 4.78 is 9.96. The number of hydrogen-bond acceptors (Lipinski definition) is 4. The maximum absolute atomic E-state index is 11.1. The van der Waals surface area contributed by atoms with Crippen molar-refractivity contribution >= 4 is 11.9 Å². The van der Waals surface area contributed by atoms with Crippen LogP contribution >= 0.6 is 0 Å². The fraction of sp³-hybridized carbons (Fsp3) is 0.917. The third-order valence-electron chi connectivity index (χ3n) is 4.40. The van der Waals surface area contributed by atoms with Crippen LogP contribution < -0.4 is 0 Å². The Morgan fingerprint density at radius 3 is 1.11 bits per heavy atom. The average Bonchev–Trinajstić information content (AvgIpc) is 2.70. The van der Waals surface area contributed by atoms with Crippen molar-refractivity contribution in [2.75, 3.05) is 13.2 Å². The van der Waals surface area contributed by atoms with Crippen LogP contribution in [0.25, 0.3) is 0 Å². The van der Waals surface area contributed by atoms with E-state index in [0.717, 1.165) is 25.7 Å². The molecule has 0 saturated heterocycles. The summed E-state index contributed by atoms with van der Waals surface area (Å²) >= 11 is 0. The maximum atomic E-state index is 11.1. The van der Waals surface area contributed by atoms with Crippen LogP contribution in [0, 0.1) is 0 Å². The lowest BCUT2D eigenvalue weighted by Gasteiger charge is -2.02. The first-order chi connectivity index (χ1) is 13.6. The summed E-state index contributed by atoms with van der Waals surface area (Å²) in [4.78, 5) is 22.1. The number of ether oxygens (including phenoxy) is 2. The van der Waals surface area contributed by atoms with Gasteiger partial charge in [0, 0.05) is 12.8 Å². The second-order valence-electron chi connectivity index (χ2n) is 7.48. The van der Waals surface area contributed by atoms with Gasteiger partial charge in [0.1, 0.15) is 0 Å². The number of carbonyl (C=O) groups excluding carboxylic acids is 2. The molecule has 0 aromatic carbocycles. The van der Waals surface area contributed by atoms with Gasteiger partial charge in [0.15, 0.2) is 0 Å². The van der Waals surface area contributed by atoms with E-state index >= 15 is 0 Å². The minimum Gasteiger partial charge on any atom is -0.466 e. The minimum absolute atomic E-state index is 0.0256. The highest BCUT2D eigenvalue weighted by atomic mass is 16.5. The molecule has 0 aromatic heterocycles. The number of unbranched alkanes of at least 4 members (excludes halogenated alkanes) is 10. The van der Waals surface area contributed by atoms with E-state index in [1.165, 1.54) is 64.2 Å². The first-order valence-corrected chi connectivity index (χ1v) is 11.9. The Morgan fingerprint density at radius 2 is 0.786 bits per heavy atom. The van der Waals surface area contributed by atoms with Gasteiger partial charge in [-0.1, -0.05) is 91.9 Å². The predicted octanol–water partition coefficient (Wildman–Crippen LogP) is 7.38. The van der Waals surface area contributed by atoms with Crippen molar-refractivity contribution in [3.63, 3.8) is 0 Å². The smallest absolute Gasteiger partial charge is 0.305 e. The summed E-state index contributed by atoms with van der Waals surface area (Å²) in [6.45, 7) is 9.60. The van der Waals surface area contributed by atoms with Crippen LogP contribution in [-0.4, -0.2) is 25.2 Å². The first-order valence-electron chi connectivity index (χ1n) is 11.9. The highest BCUT2D eigenvalue weighted by Crippen LogP contribution is 2.08. The summed E-state index contributed by atoms with van der Waals surface area (Å²) in [6, 6.07) is 0. The van der Waals surface area contributed by atoms with Gasteiger partial charge in [-0.05, 0) is 25.7 Å². The second kappa shape index (κ2) is 25.9.